The highest BCUT2D eigenvalue weighted by atomic mass is 32.2. The Morgan fingerprint density at radius 2 is 1.88 bits per heavy atom. The summed E-state index contributed by atoms with van der Waals surface area (Å²) >= 11 is 0. The van der Waals surface area contributed by atoms with Crippen LogP contribution < -0.4 is 0 Å². The van der Waals surface area contributed by atoms with Crippen LogP contribution in [-0.2, 0) is 20.3 Å². The van der Waals surface area contributed by atoms with Crippen LogP contribution in [0.1, 0.15) is 0 Å². The van der Waals surface area contributed by atoms with Gasteiger partial charge in [0, 0.05) is 12.4 Å². The number of alkyl halides is 4. The highest BCUT2D eigenvalue weighted by Crippen LogP contribution is 2.42. The van der Waals surface area contributed by atoms with Crippen LogP contribution in [-0.4, -0.2) is 30.3 Å². The van der Waals surface area contributed by atoms with Gasteiger partial charge in [-0.05, 0) is 0 Å². The molecule has 0 spiro atoms. The van der Waals surface area contributed by atoms with Crippen LogP contribution in [0.5, 0.6) is 0 Å². The molecule has 1 heterocycles. The van der Waals surface area contributed by atoms with Crippen molar-refractivity contribution < 1.29 is 30.2 Å². The van der Waals surface area contributed by atoms with Gasteiger partial charge in [0.05, 0.1) is 13.4 Å². The van der Waals surface area contributed by atoms with E-state index in [-0.39, 0.29) is 4.57 Å². The molecule has 0 aliphatic carbocycles. The van der Waals surface area contributed by atoms with Crippen LogP contribution in [0, 0.1) is 0 Å². The first-order chi connectivity index (χ1) is 7.17. The Hall–Kier alpha value is -1.16. The third-order valence-corrected chi connectivity index (χ3v) is 3.02. The summed E-state index contributed by atoms with van der Waals surface area (Å²) in [5.41, 5.74) is 0. The van der Waals surface area contributed by atoms with Crippen LogP contribution in [0.3, 0.4) is 0 Å². The van der Waals surface area contributed by atoms with E-state index in [9.17, 15) is 26.0 Å². The zero-order chi connectivity index (χ0) is 12.6. The Labute approximate surface area is 87.8 Å². The molecule has 16 heavy (non-hydrogen) atoms. The van der Waals surface area contributed by atoms with Gasteiger partial charge in [-0.15, -0.1) is 0 Å². The van der Waals surface area contributed by atoms with E-state index in [4.69, 9.17) is 0 Å². The number of nitrogens with zero attached hydrogens (tertiary/aromatic N) is 2. The lowest BCUT2D eigenvalue weighted by molar-refractivity contribution is -0.217. The smallest absolute Gasteiger partial charge is 0.271 e. The normalized spacial score (nSPS) is 14.1. The summed E-state index contributed by atoms with van der Waals surface area (Å²) in [5, 5.41) is -5.39. The Morgan fingerprint density at radius 1 is 1.31 bits per heavy atom. The van der Waals surface area contributed by atoms with Crippen LogP contribution in [0.25, 0.3) is 0 Å². The van der Waals surface area contributed by atoms with Gasteiger partial charge in [0.2, 0.25) is 0 Å². The molecule has 0 fully saturated rings. The second kappa shape index (κ2) is 3.70. The zero-order valence-corrected chi connectivity index (χ0v) is 8.59. The fourth-order valence-electron chi connectivity index (χ4n) is 0.831. The van der Waals surface area contributed by atoms with Crippen molar-refractivity contribution in [2.75, 3.05) is 7.11 Å². The summed E-state index contributed by atoms with van der Waals surface area (Å²) in [7, 11) is -5.35. The van der Waals surface area contributed by atoms with Gasteiger partial charge in [-0.1, -0.05) is 0 Å². The lowest BCUT2D eigenvalue weighted by Crippen LogP contribution is -2.48. The van der Waals surface area contributed by atoms with Gasteiger partial charge in [-0.2, -0.15) is 26.0 Å². The molecule has 0 saturated carbocycles. The van der Waals surface area contributed by atoms with E-state index >= 15 is 0 Å². The number of hydrogen-bond donors (Lipinski definition) is 0. The maximum atomic E-state index is 13.2. The highest BCUT2D eigenvalue weighted by Gasteiger charge is 2.68. The van der Waals surface area contributed by atoms with Crippen molar-refractivity contribution in [2.45, 2.75) is 11.3 Å². The molecule has 0 unspecified atom stereocenters. The Balaban J connectivity index is 3.28. The number of halogens is 4. The first-order valence-electron chi connectivity index (χ1n) is 3.71. The number of imidazole rings is 1. The number of rotatable bonds is 4. The molecule has 0 aliphatic rings. The van der Waals surface area contributed by atoms with Crippen molar-refractivity contribution in [3.8, 4) is 0 Å². The molecule has 10 heteroatoms. The third-order valence-electron chi connectivity index (χ3n) is 1.71. The standard InChI is InChI=1S/C6H6F4N2O3S/c1-15-16(13,14)6(9,10)5(7,8)12-3-2-11-4-12/h2-4H,1H3. The lowest BCUT2D eigenvalue weighted by atomic mass is 10.5. The summed E-state index contributed by atoms with van der Waals surface area (Å²) < 4.78 is 76.8. The van der Waals surface area contributed by atoms with Crippen molar-refractivity contribution in [1.82, 2.24) is 9.55 Å². The van der Waals surface area contributed by atoms with E-state index in [1.807, 2.05) is 0 Å². The van der Waals surface area contributed by atoms with Crippen molar-refractivity contribution in [3.05, 3.63) is 18.7 Å². The van der Waals surface area contributed by atoms with Crippen molar-refractivity contribution in [1.29, 1.82) is 0 Å². The van der Waals surface area contributed by atoms with E-state index in [0.717, 1.165) is 6.20 Å². The van der Waals surface area contributed by atoms with Crippen LogP contribution >= 0.6 is 0 Å². The molecule has 0 saturated heterocycles. The molecule has 1 aromatic rings. The van der Waals surface area contributed by atoms with Crippen LogP contribution in [0.2, 0.25) is 0 Å². The molecule has 92 valence electrons. The average Bonchev–Trinajstić information content (AvgIpc) is 2.70. The largest absolute Gasteiger partial charge is 0.453 e. The summed E-state index contributed by atoms with van der Waals surface area (Å²) in [4.78, 5) is 3.12. The maximum absolute atomic E-state index is 13.2. The predicted octanol–water partition coefficient (Wildman–Crippen LogP) is 1.00. The second-order valence-corrected chi connectivity index (χ2v) is 4.40. The molecular formula is C6H6F4N2O3S. The Morgan fingerprint density at radius 3 is 2.25 bits per heavy atom. The minimum atomic E-state index is -5.71. The minimum Gasteiger partial charge on any atom is -0.271 e. The van der Waals surface area contributed by atoms with Gasteiger partial charge < -0.3 is 0 Å². The van der Waals surface area contributed by atoms with Crippen LogP contribution in [0.15, 0.2) is 18.7 Å². The van der Waals surface area contributed by atoms with Gasteiger partial charge in [0.25, 0.3) is 0 Å². The molecular weight excluding hydrogens is 256 g/mol. The zero-order valence-electron chi connectivity index (χ0n) is 7.77. The quantitative estimate of drug-likeness (QED) is 0.600. The van der Waals surface area contributed by atoms with Gasteiger partial charge in [-0.3, -0.25) is 8.75 Å². The van der Waals surface area contributed by atoms with Gasteiger partial charge in [-0.25, -0.2) is 4.98 Å². The summed E-state index contributed by atoms with van der Waals surface area (Å²) in [6.07, 6.45) is 1.70. The van der Waals surface area contributed by atoms with E-state index < -0.39 is 21.4 Å². The molecule has 0 N–H and O–H groups in total. The molecule has 0 radical (unpaired) electrons. The minimum absolute atomic E-state index is 0.316. The monoisotopic (exact) mass is 262 g/mol. The topological polar surface area (TPSA) is 61.2 Å². The van der Waals surface area contributed by atoms with Crippen LogP contribution in [0.4, 0.5) is 17.6 Å². The van der Waals surface area contributed by atoms with Crippen molar-refractivity contribution in [2.24, 2.45) is 0 Å². The van der Waals surface area contributed by atoms with E-state index in [1.165, 1.54) is 0 Å². The molecule has 0 aliphatic heterocycles. The van der Waals surface area contributed by atoms with Gasteiger partial charge >= 0.3 is 21.4 Å². The first-order valence-corrected chi connectivity index (χ1v) is 5.12. The summed E-state index contributed by atoms with van der Waals surface area (Å²) in [5.74, 6) is 0. The van der Waals surface area contributed by atoms with E-state index in [2.05, 4.69) is 9.17 Å². The molecule has 0 bridgehead atoms. The molecule has 5 nitrogen and oxygen atoms in total. The first kappa shape index (κ1) is 12.9. The molecule has 0 amide bonds. The Kier molecular flexibility index (Phi) is 2.98. The fraction of sp³-hybridized carbons (Fsp3) is 0.500. The predicted molar refractivity (Wildman–Crippen MR) is 43.3 cm³/mol. The molecule has 0 atom stereocenters. The van der Waals surface area contributed by atoms with Crippen molar-refractivity contribution >= 4 is 10.1 Å². The maximum Gasteiger partial charge on any atom is 0.453 e. The fourth-order valence-corrected chi connectivity index (χ4v) is 1.45. The number of aromatic nitrogens is 2. The molecule has 1 rings (SSSR count). The van der Waals surface area contributed by atoms with Gasteiger partial charge in [0.15, 0.2) is 0 Å². The molecule has 1 aromatic heterocycles. The SMILES string of the molecule is COS(=O)(=O)C(F)(F)C(F)(F)n1ccnc1. The van der Waals surface area contributed by atoms with E-state index in [0.29, 0.717) is 19.6 Å². The number of hydrogen-bond acceptors (Lipinski definition) is 4. The third kappa shape index (κ3) is 1.67. The van der Waals surface area contributed by atoms with E-state index in [1.54, 1.807) is 0 Å². The summed E-state index contributed by atoms with van der Waals surface area (Å²) in [6, 6.07) is -4.99. The molecule has 0 aromatic carbocycles. The second-order valence-electron chi connectivity index (χ2n) is 2.65. The highest BCUT2D eigenvalue weighted by molar-refractivity contribution is 7.87. The van der Waals surface area contributed by atoms with Crippen molar-refractivity contribution in [3.63, 3.8) is 0 Å². The average molecular weight is 262 g/mol. The lowest BCUT2D eigenvalue weighted by Gasteiger charge is -2.25. The summed E-state index contributed by atoms with van der Waals surface area (Å²) in [6.45, 7) is 0. The van der Waals surface area contributed by atoms with Gasteiger partial charge in [0.1, 0.15) is 0 Å². The Bertz CT molecular complexity index is 456.